The molecule has 0 spiro atoms. The highest BCUT2D eigenvalue weighted by Gasteiger charge is 2.36. The van der Waals surface area contributed by atoms with E-state index in [1.807, 2.05) is 5.38 Å². The van der Waals surface area contributed by atoms with Gasteiger partial charge in [-0.3, -0.25) is 4.40 Å². The summed E-state index contributed by atoms with van der Waals surface area (Å²) < 4.78 is 38.2. The monoisotopic (exact) mass is 235 g/mol. The molecule has 1 unspecified atom stereocenters. The maximum atomic E-state index is 12.2. The second kappa shape index (κ2) is 3.49. The molecule has 0 fully saturated rings. The van der Waals surface area contributed by atoms with Crippen LogP contribution in [0.3, 0.4) is 0 Å². The SMILES string of the molecule is NC(Cc1cn2ccsc2n1)C(F)(F)F. The number of hydrogen-bond donors (Lipinski definition) is 1. The zero-order chi connectivity index (χ0) is 11.1. The Morgan fingerprint density at radius 1 is 1.53 bits per heavy atom. The average molecular weight is 235 g/mol. The summed E-state index contributed by atoms with van der Waals surface area (Å²) in [5, 5.41) is 1.82. The number of nitrogens with two attached hydrogens (primary N) is 1. The lowest BCUT2D eigenvalue weighted by atomic mass is 10.2. The van der Waals surface area contributed by atoms with Crippen molar-refractivity contribution in [2.24, 2.45) is 5.73 Å². The molecule has 0 amide bonds. The van der Waals surface area contributed by atoms with E-state index in [2.05, 4.69) is 4.98 Å². The Morgan fingerprint density at radius 2 is 2.27 bits per heavy atom. The van der Waals surface area contributed by atoms with Crippen molar-refractivity contribution in [1.82, 2.24) is 9.38 Å². The van der Waals surface area contributed by atoms with Crippen LogP contribution in [-0.2, 0) is 6.42 Å². The van der Waals surface area contributed by atoms with E-state index in [4.69, 9.17) is 5.73 Å². The van der Waals surface area contributed by atoms with E-state index in [1.54, 1.807) is 16.8 Å². The number of halogens is 3. The molecular formula is C8H8F3N3S. The van der Waals surface area contributed by atoms with Gasteiger partial charge in [0.15, 0.2) is 4.96 Å². The van der Waals surface area contributed by atoms with E-state index < -0.39 is 12.2 Å². The van der Waals surface area contributed by atoms with Gasteiger partial charge in [0.1, 0.15) is 6.04 Å². The normalized spacial score (nSPS) is 14.7. The van der Waals surface area contributed by atoms with Crippen LogP contribution >= 0.6 is 11.3 Å². The topological polar surface area (TPSA) is 43.3 Å². The van der Waals surface area contributed by atoms with E-state index >= 15 is 0 Å². The first-order valence-corrected chi connectivity index (χ1v) is 5.08. The van der Waals surface area contributed by atoms with Crippen LogP contribution in [0, 0.1) is 0 Å². The second-order valence-corrected chi connectivity index (χ2v) is 4.05. The summed E-state index contributed by atoms with van der Waals surface area (Å²) in [5.41, 5.74) is 5.37. The Hall–Kier alpha value is -1.08. The van der Waals surface area contributed by atoms with Crippen molar-refractivity contribution < 1.29 is 13.2 Å². The average Bonchev–Trinajstić information content (AvgIpc) is 2.61. The molecule has 2 N–H and O–H groups in total. The minimum Gasteiger partial charge on any atom is -0.320 e. The summed E-state index contributed by atoms with van der Waals surface area (Å²) in [6.45, 7) is 0. The number of alkyl halides is 3. The highest BCUT2D eigenvalue weighted by molar-refractivity contribution is 7.15. The van der Waals surface area contributed by atoms with Gasteiger partial charge in [0.05, 0.1) is 5.69 Å². The number of hydrogen-bond acceptors (Lipinski definition) is 3. The van der Waals surface area contributed by atoms with Crippen LogP contribution < -0.4 is 5.73 Å². The van der Waals surface area contributed by atoms with Crippen LogP contribution in [0.4, 0.5) is 13.2 Å². The van der Waals surface area contributed by atoms with Gasteiger partial charge in [-0.1, -0.05) is 0 Å². The molecule has 2 aromatic rings. The molecule has 3 nitrogen and oxygen atoms in total. The van der Waals surface area contributed by atoms with Crippen LogP contribution in [0.2, 0.25) is 0 Å². The van der Waals surface area contributed by atoms with Gasteiger partial charge in [-0.15, -0.1) is 11.3 Å². The molecule has 0 bridgehead atoms. The van der Waals surface area contributed by atoms with E-state index in [-0.39, 0.29) is 6.42 Å². The van der Waals surface area contributed by atoms with Crippen molar-refractivity contribution in [2.75, 3.05) is 0 Å². The standard InChI is InChI=1S/C8H8F3N3S/c9-8(10,11)6(12)3-5-4-14-1-2-15-7(14)13-5/h1-2,4,6H,3,12H2. The zero-order valence-corrected chi connectivity index (χ0v) is 8.35. The summed E-state index contributed by atoms with van der Waals surface area (Å²) in [7, 11) is 0. The van der Waals surface area contributed by atoms with Gasteiger partial charge >= 0.3 is 6.18 Å². The number of nitrogens with zero attached hydrogens (tertiary/aromatic N) is 2. The summed E-state index contributed by atoms with van der Waals surface area (Å²) in [4.78, 5) is 4.71. The van der Waals surface area contributed by atoms with Crippen LogP contribution in [0.1, 0.15) is 5.69 Å². The number of imidazole rings is 1. The van der Waals surface area contributed by atoms with Crippen molar-refractivity contribution in [1.29, 1.82) is 0 Å². The first-order valence-electron chi connectivity index (χ1n) is 4.20. The quantitative estimate of drug-likeness (QED) is 0.862. The fraction of sp³-hybridized carbons (Fsp3) is 0.375. The Labute approximate surface area is 87.3 Å². The Balaban J connectivity index is 2.16. The molecule has 0 saturated carbocycles. The number of fused-ring (bicyclic) bond motifs is 1. The van der Waals surface area contributed by atoms with Crippen molar-refractivity contribution in [3.8, 4) is 0 Å². The largest absolute Gasteiger partial charge is 0.404 e. The molecule has 2 heterocycles. The first-order chi connectivity index (χ1) is 6.97. The zero-order valence-electron chi connectivity index (χ0n) is 7.53. The first kappa shape index (κ1) is 10.4. The predicted molar refractivity (Wildman–Crippen MR) is 50.8 cm³/mol. The number of rotatable bonds is 2. The molecule has 1 atom stereocenters. The summed E-state index contributed by atoms with van der Waals surface area (Å²) >= 11 is 1.37. The molecule has 0 saturated heterocycles. The highest BCUT2D eigenvalue weighted by Crippen LogP contribution is 2.21. The van der Waals surface area contributed by atoms with E-state index in [9.17, 15) is 13.2 Å². The minimum absolute atomic E-state index is 0.280. The fourth-order valence-electron chi connectivity index (χ4n) is 1.22. The third-order valence-electron chi connectivity index (χ3n) is 1.99. The number of thiazole rings is 1. The van der Waals surface area contributed by atoms with Gasteiger partial charge < -0.3 is 5.73 Å². The Kier molecular flexibility index (Phi) is 2.43. The van der Waals surface area contributed by atoms with Crippen LogP contribution in [0.5, 0.6) is 0 Å². The lowest BCUT2D eigenvalue weighted by Gasteiger charge is -2.13. The van der Waals surface area contributed by atoms with E-state index in [0.717, 1.165) is 0 Å². The molecule has 0 radical (unpaired) electrons. The van der Waals surface area contributed by atoms with Crippen LogP contribution in [-0.4, -0.2) is 21.6 Å². The van der Waals surface area contributed by atoms with Gasteiger partial charge in [-0.05, 0) is 0 Å². The molecule has 0 aliphatic carbocycles. The summed E-state index contributed by atoms with van der Waals surface area (Å²) in [5.74, 6) is 0. The van der Waals surface area contributed by atoms with Gasteiger partial charge in [-0.2, -0.15) is 13.2 Å². The molecule has 82 valence electrons. The highest BCUT2D eigenvalue weighted by atomic mass is 32.1. The smallest absolute Gasteiger partial charge is 0.320 e. The van der Waals surface area contributed by atoms with Crippen LogP contribution in [0.25, 0.3) is 4.96 Å². The lowest BCUT2D eigenvalue weighted by Crippen LogP contribution is -2.39. The van der Waals surface area contributed by atoms with Gasteiger partial charge in [0, 0.05) is 24.2 Å². The fourth-order valence-corrected chi connectivity index (χ4v) is 1.93. The second-order valence-electron chi connectivity index (χ2n) is 3.18. The maximum absolute atomic E-state index is 12.2. The third-order valence-corrected chi connectivity index (χ3v) is 2.76. The van der Waals surface area contributed by atoms with Crippen molar-refractivity contribution >= 4 is 16.3 Å². The maximum Gasteiger partial charge on any atom is 0.404 e. The molecule has 15 heavy (non-hydrogen) atoms. The lowest BCUT2D eigenvalue weighted by molar-refractivity contribution is -0.147. The van der Waals surface area contributed by atoms with Crippen LogP contribution in [0.15, 0.2) is 17.8 Å². The molecule has 0 aliphatic rings. The van der Waals surface area contributed by atoms with Gasteiger partial charge in [0.25, 0.3) is 0 Å². The van der Waals surface area contributed by atoms with E-state index in [1.165, 1.54) is 11.3 Å². The van der Waals surface area contributed by atoms with Crippen molar-refractivity contribution in [3.63, 3.8) is 0 Å². The molecule has 7 heteroatoms. The minimum atomic E-state index is -4.36. The summed E-state index contributed by atoms with van der Waals surface area (Å²) in [6, 6.07) is -1.85. The molecule has 2 aromatic heterocycles. The van der Waals surface area contributed by atoms with E-state index in [0.29, 0.717) is 10.7 Å². The van der Waals surface area contributed by atoms with Crippen molar-refractivity contribution in [3.05, 3.63) is 23.5 Å². The molecule has 0 aromatic carbocycles. The molecule has 0 aliphatic heterocycles. The van der Waals surface area contributed by atoms with Crippen molar-refractivity contribution in [2.45, 2.75) is 18.6 Å². The summed E-state index contributed by atoms with van der Waals surface area (Å²) in [6.07, 6.45) is -1.33. The van der Waals surface area contributed by atoms with Gasteiger partial charge in [0.2, 0.25) is 0 Å². The molecular weight excluding hydrogens is 227 g/mol. The van der Waals surface area contributed by atoms with Gasteiger partial charge in [-0.25, -0.2) is 4.98 Å². The molecule has 2 rings (SSSR count). The Bertz CT molecular complexity index is 430. The number of aromatic nitrogens is 2. The Morgan fingerprint density at radius 3 is 2.87 bits per heavy atom. The third kappa shape index (κ3) is 2.13. The predicted octanol–water partition coefficient (Wildman–Crippen LogP) is 1.83.